The molecule has 26 heteroatoms. The number of para-hydroxylation sites is 1. The van der Waals surface area contributed by atoms with Crippen LogP contribution in [0, 0.1) is 5.92 Å². The Morgan fingerprint density at radius 2 is 1.37 bits per heavy atom. The van der Waals surface area contributed by atoms with Gasteiger partial charge in [0.2, 0.25) is 59.1 Å². The Labute approximate surface area is 460 Å². The van der Waals surface area contributed by atoms with Gasteiger partial charge < -0.3 is 68.3 Å². The number of aromatic amines is 2. The molecule has 8 unspecified atom stereocenters. The molecule has 10 amide bonds. The van der Waals surface area contributed by atoms with Crippen LogP contribution in [0.25, 0.3) is 10.9 Å². The Hall–Kier alpha value is -8.29. The maximum Gasteiger partial charge on any atom is 0.305 e. The van der Waals surface area contributed by atoms with Gasteiger partial charge in [0.25, 0.3) is 0 Å². The van der Waals surface area contributed by atoms with E-state index in [1.54, 1.807) is 63.4 Å². The fourth-order valence-corrected chi connectivity index (χ4v) is 8.99. The van der Waals surface area contributed by atoms with Crippen LogP contribution < -0.4 is 53.6 Å². The van der Waals surface area contributed by atoms with Gasteiger partial charge in [0.15, 0.2) is 0 Å². The average molecular weight is 1110 g/mol. The summed E-state index contributed by atoms with van der Waals surface area (Å²) in [5.74, 6) is -7.92. The Bertz CT molecular complexity index is 2770. The number of hydrogen-bond donors (Lipinski definition) is 12. The van der Waals surface area contributed by atoms with Gasteiger partial charge in [-0.05, 0) is 68.2 Å². The molecule has 5 rings (SSSR count). The minimum Gasteiger partial charge on any atom is -0.466 e. The zero-order valence-corrected chi connectivity index (χ0v) is 45.6. The highest BCUT2D eigenvalue weighted by Crippen LogP contribution is 2.20. The molecule has 2 aromatic heterocycles. The molecule has 0 spiro atoms. The molecule has 8 atom stereocenters. The number of nitrogens with two attached hydrogens (primary N) is 1. The number of benzene rings is 2. The van der Waals surface area contributed by atoms with Crippen LogP contribution in [0.1, 0.15) is 76.6 Å². The van der Waals surface area contributed by atoms with E-state index in [4.69, 9.17) is 10.5 Å². The summed E-state index contributed by atoms with van der Waals surface area (Å²) >= 11 is 1.46. The van der Waals surface area contributed by atoms with Gasteiger partial charge in [0, 0.05) is 61.1 Å². The van der Waals surface area contributed by atoms with Gasteiger partial charge >= 0.3 is 5.97 Å². The van der Waals surface area contributed by atoms with Crippen LogP contribution in [0.4, 0.5) is 0 Å². The van der Waals surface area contributed by atoms with Crippen LogP contribution in [0.2, 0.25) is 0 Å². The lowest BCUT2D eigenvalue weighted by atomic mass is 10.0. The third-order valence-electron chi connectivity index (χ3n) is 12.9. The Balaban J connectivity index is 1.26. The molecule has 4 aromatic rings. The van der Waals surface area contributed by atoms with E-state index >= 15 is 0 Å². The number of rotatable bonds is 31. The van der Waals surface area contributed by atoms with Crippen LogP contribution in [0.15, 0.2) is 73.3 Å². The van der Waals surface area contributed by atoms with Gasteiger partial charge in [0.05, 0.1) is 19.5 Å². The van der Waals surface area contributed by atoms with Gasteiger partial charge in [-0.25, -0.2) is 4.98 Å². The summed E-state index contributed by atoms with van der Waals surface area (Å²) in [4.78, 5) is 157. The number of nitrogens with zero attached hydrogens (tertiary/aromatic N) is 1. The Kier molecular flexibility index (Phi) is 23.8. The zero-order chi connectivity index (χ0) is 57.6. The number of primary amides is 1. The molecule has 0 aliphatic carbocycles. The van der Waals surface area contributed by atoms with E-state index in [9.17, 15) is 52.7 Å². The Morgan fingerprint density at radius 1 is 0.722 bits per heavy atom. The number of thioether (sulfide) groups is 1. The number of hydrogen-bond acceptors (Lipinski definition) is 14. The van der Waals surface area contributed by atoms with Gasteiger partial charge in [-0.1, -0.05) is 62.4 Å². The van der Waals surface area contributed by atoms with Crippen molar-refractivity contribution in [2.24, 2.45) is 11.7 Å². The molecule has 1 fully saturated rings. The number of carbonyl (C=O) groups is 11. The maximum absolute atomic E-state index is 14.2. The lowest BCUT2D eigenvalue weighted by molar-refractivity contribution is -0.144. The molecule has 426 valence electrons. The smallest absolute Gasteiger partial charge is 0.305 e. The maximum atomic E-state index is 14.2. The first kappa shape index (κ1) is 61.6. The van der Waals surface area contributed by atoms with Crippen molar-refractivity contribution in [3.63, 3.8) is 0 Å². The van der Waals surface area contributed by atoms with Crippen molar-refractivity contribution < 1.29 is 57.5 Å². The standard InChI is InChI=1S/C53H71N13O12S/c1-6-78-44(69)19-17-38(63-48(72)37-16-18-42(67)60-37)49(73)65-40(23-32-25-56-35-15-11-10-14-34(32)35)50(74)59-30(4)47(71)66-45(29(2)3)53(77)57-27-43(68)61-41(24-33-26-55-28-58-33)52(76)64-39(22-31-12-8-7-9-13-31)51(75)62-36(46(54)70)20-21-79-5/h7-15,25-26,28-30,36-41,45,56H,6,16-24,27H2,1-5H3,(H2,54,70)(H,55,58)(H,57,77)(H,59,74)(H,60,67)(H,61,68)(H,62,75)(H,63,72)(H,64,76)(H,65,73)(H,66,71). The second-order valence-corrected chi connectivity index (χ2v) is 20.2. The third kappa shape index (κ3) is 19.3. The summed E-state index contributed by atoms with van der Waals surface area (Å²) in [5, 5.41) is 24.2. The normalized spacial score (nSPS) is 15.6. The largest absolute Gasteiger partial charge is 0.466 e. The fourth-order valence-electron chi connectivity index (χ4n) is 8.52. The second kappa shape index (κ2) is 30.6. The fraction of sp³-hybridized carbons (Fsp3) is 0.472. The predicted octanol–water partition coefficient (Wildman–Crippen LogP) is -1.04. The van der Waals surface area contributed by atoms with Crippen molar-refractivity contribution in [2.75, 3.05) is 25.2 Å². The highest BCUT2D eigenvalue weighted by molar-refractivity contribution is 7.98. The highest BCUT2D eigenvalue weighted by Gasteiger charge is 2.35. The second-order valence-electron chi connectivity index (χ2n) is 19.3. The van der Waals surface area contributed by atoms with Crippen molar-refractivity contribution in [2.45, 2.75) is 127 Å². The van der Waals surface area contributed by atoms with E-state index in [0.717, 1.165) is 10.9 Å². The molecule has 0 saturated carbocycles. The predicted molar refractivity (Wildman–Crippen MR) is 291 cm³/mol. The van der Waals surface area contributed by atoms with E-state index in [2.05, 4.69) is 62.8 Å². The van der Waals surface area contributed by atoms with Gasteiger partial charge in [-0.15, -0.1) is 0 Å². The van der Waals surface area contributed by atoms with E-state index in [-0.39, 0.29) is 63.9 Å². The molecule has 1 aliphatic heterocycles. The summed E-state index contributed by atoms with van der Waals surface area (Å²) in [6, 6.07) is 6.31. The van der Waals surface area contributed by atoms with Crippen LogP contribution in [0.5, 0.6) is 0 Å². The van der Waals surface area contributed by atoms with Crippen molar-refractivity contribution >= 4 is 87.7 Å². The quantitative estimate of drug-likeness (QED) is 0.0268. The lowest BCUT2D eigenvalue weighted by Crippen LogP contribution is -2.59. The number of aromatic nitrogens is 3. The van der Waals surface area contributed by atoms with Gasteiger partial charge in [0.1, 0.15) is 48.3 Å². The van der Waals surface area contributed by atoms with Gasteiger partial charge in [-0.3, -0.25) is 52.7 Å². The van der Waals surface area contributed by atoms with E-state index in [1.165, 1.54) is 31.2 Å². The molecule has 0 radical (unpaired) electrons. The molecule has 3 heterocycles. The first-order chi connectivity index (χ1) is 37.8. The van der Waals surface area contributed by atoms with Crippen LogP contribution in [-0.4, -0.2) is 153 Å². The number of H-pyrrole nitrogens is 2. The van der Waals surface area contributed by atoms with E-state index in [1.807, 2.05) is 24.5 Å². The van der Waals surface area contributed by atoms with Gasteiger partial charge in [-0.2, -0.15) is 11.8 Å². The number of carbonyl (C=O) groups excluding carboxylic acids is 11. The van der Waals surface area contributed by atoms with E-state index in [0.29, 0.717) is 22.6 Å². The molecule has 1 aliphatic rings. The first-order valence-corrected chi connectivity index (χ1v) is 27.3. The number of fused-ring (bicyclic) bond motifs is 1. The molecule has 13 N–H and O–H groups in total. The molecule has 79 heavy (non-hydrogen) atoms. The molecular formula is C53H71N13O12S. The molecule has 25 nitrogen and oxygen atoms in total. The third-order valence-corrected chi connectivity index (χ3v) is 13.5. The minimum absolute atomic E-state index is 0.0190. The Morgan fingerprint density at radius 3 is 2.00 bits per heavy atom. The van der Waals surface area contributed by atoms with Crippen LogP contribution in [0.3, 0.4) is 0 Å². The number of imidazole rings is 1. The van der Waals surface area contributed by atoms with Crippen LogP contribution >= 0.6 is 11.8 Å². The molecule has 1 saturated heterocycles. The zero-order valence-electron chi connectivity index (χ0n) is 44.7. The molecule has 0 bridgehead atoms. The number of esters is 1. The van der Waals surface area contributed by atoms with Crippen molar-refractivity contribution in [1.82, 2.24) is 62.8 Å². The summed E-state index contributed by atoms with van der Waals surface area (Å²) < 4.78 is 5.03. The van der Waals surface area contributed by atoms with Crippen molar-refractivity contribution in [1.29, 1.82) is 0 Å². The monoisotopic (exact) mass is 1110 g/mol. The van der Waals surface area contributed by atoms with Crippen molar-refractivity contribution in [3.8, 4) is 0 Å². The number of amides is 10. The molecule has 2 aromatic carbocycles. The van der Waals surface area contributed by atoms with Crippen LogP contribution in [-0.2, 0) is 76.7 Å². The lowest BCUT2D eigenvalue weighted by Gasteiger charge is -2.26. The molecular weight excluding hydrogens is 1040 g/mol. The summed E-state index contributed by atoms with van der Waals surface area (Å²) in [7, 11) is 0. The SMILES string of the molecule is CCOC(=O)CCC(NC(=O)C1CCC(=O)N1)C(=O)NC(Cc1c[nH]c2ccccc12)C(=O)NC(C)C(=O)NC(C(=O)NCC(=O)NC(Cc1cnc[nH]1)C(=O)NC(Cc1ccccc1)C(=O)NC(CCSC)C(N)=O)C(C)C. The minimum atomic E-state index is -1.37. The first-order valence-electron chi connectivity index (χ1n) is 25.9. The number of ether oxygens (including phenoxy) is 1. The summed E-state index contributed by atoms with van der Waals surface area (Å²) in [6.45, 7) is 5.67. The average Bonchev–Trinajstić information content (AvgIpc) is 4.22. The van der Waals surface area contributed by atoms with E-state index < -0.39 is 120 Å². The summed E-state index contributed by atoms with van der Waals surface area (Å²) in [5.41, 5.74) is 8.09. The number of nitrogens with one attached hydrogen (secondary N) is 11. The summed E-state index contributed by atoms with van der Waals surface area (Å²) in [6.07, 6.45) is 6.20. The highest BCUT2D eigenvalue weighted by atomic mass is 32.2. The topological polar surface area (TPSA) is 376 Å². The van der Waals surface area contributed by atoms with Crippen molar-refractivity contribution in [3.05, 3.63) is 90.1 Å².